The third kappa shape index (κ3) is 3.25. The second kappa shape index (κ2) is 5.43. The summed E-state index contributed by atoms with van der Waals surface area (Å²) in [6.07, 6.45) is 3.12. The molecule has 0 aromatic carbocycles. The maximum absolute atomic E-state index is 10.8. The maximum atomic E-state index is 10.8. The number of carbonyl (C=O) groups is 1. The summed E-state index contributed by atoms with van der Waals surface area (Å²) in [5, 5.41) is 12.0. The van der Waals surface area contributed by atoms with Gasteiger partial charge in [0.25, 0.3) is 0 Å². The van der Waals surface area contributed by atoms with Crippen molar-refractivity contribution in [1.82, 2.24) is 15.0 Å². The fourth-order valence-corrected chi connectivity index (χ4v) is 1.52. The van der Waals surface area contributed by atoms with Crippen LogP contribution in [-0.4, -0.2) is 26.0 Å². The minimum atomic E-state index is -0.963. The highest BCUT2D eigenvalue weighted by molar-refractivity contribution is 5.87. The summed E-state index contributed by atoms with van der Waals surface area (Å²) in [7, 11) is 0. The number of anilines is 1. The number of aromatic carboxylic acids is 1. The molecule has 6 heteroatoms. The Morgan fingerprint density at radius 3 is 2.79 bits per heavy atom. The molecular formula is C13H14N4O2. The van der Waals surface area contributed by atoms with Crippen LogP contribution in [0.1, 0.15) is 27.4 Å². The Kier molecular flexibility index (Phi) is 3.70. The van der Waals surface area contributed by atoms with E-state index in [-0.39, 0.29) is 5.56 Å². The van der Waals surface area contributed by atoms with Crippen LogP contribution in [0.15, 0.2) is 24.5 Å². The van der Waals surface area contributed by atoms with Gasteiger partial charge in [-0.25, -0.2) is 9.78 Å². The van der Waals surface area contributed by atoms with E-state index in [1.54, 1.807) is 6.20 Å². The average Bonchev–Trinajstić information content (AvgIpc) is 2.40. The van der Waals surface area contributed by atoms with Crippen LogP contribution in [0.4, 0.5) is 5.82 Å². The highest BCUT2D eigenvalue weighted by Crippen LogP contribution is 2.08. The zero-order valence-corrected chi connectivity index (χ0v) is 10.7. The van der Waals surface area contributed by atoms with E-state index in [0.717, 1.165) is 11.4 Å². The fraction of sp³-hybridized carbons (Fsp3) is 0.231. The van der Waals surface area contributed by atoms with Crippen LogP contribution in [0.5, 0.6) is 0 Å². The molecule has 2 aromatic rings. The molecule has 0 saturated carbocycles. The van der Waals surface area contributed by atoms with Crippen molar-refractivity contribution in [3.63, 3.8) is 0 Å². The van der Waals surface area contributed by atoms with Crippen molar-refractivity contribution in [3.8, 4) is 0 Å². The van der Waals surface area contributed by atoms with Gasteiger partial charge in [0.15, 0.2) is 0 Å². The number of pyridine rings is 1. The van der Waals surface area contributed by atoms with Crippen molar-refractivity contribution in [2.75, 3.05) is 5.32 Å². The van der Waals surface area contributed by atoms with Gasteiger partial charge in [-0.1, -0.05) is 0 Å². The number of aromatic nitrogens is 3. The smallest absolute Gasteiger partial charge is 0.335 e. The van der Waals surface area contributed by atoms with E-state index < -0.39 is 5.97 Å². The molecule has 2 aromatic heterocycles. The first-order valence-corrected chi connectivity index (χ1v) is 5.78. The molecule has 2 heterocycles. The lowest BCUT2D eigenvalue weighted by atomic mass is 10.2. The van der Waals surface area contributed by atoms with Crippen LogP contribution >= 0.6 is 0 Å². The second-order valence-electron chi connectivity index (χ2n) is 4.12. The molecule has 2 rings (SSSR count). The first-order valence-electron chi connectivity index (χ1n) is 5.78. The molecule has 0 amide bonds. The molecule has 98 valence electrons. The quantitative estimate of drug-likeness (QED) is 0.869. The fourth-order valence-electron chi connectivity index (χ4n) is 1.52. The van der Waals surface area contributed by atoms with Crippen molar-refractivity contribution < 1.29 is 9.90 Å². The number of carboxylic acid groups (broad SMARTS) is 1. The first kappa shape index (κ1) is 12.9. The SMILES string of the molecule is Cc1ncc(NCc2cc(C(=O)O)ccn2)nc1C. The summed E-state index contributed by atoms with van der Waals surface area (Å²) in [4.78, 5) is 23.5. The van der Waals surface area contributed by atoms with Crippen LogP contribution in [0.3, 0.4) is 0 Å². The predicted molar refractivity (Wildman–Crippen MR) is 70.0 cm³/mol. The average molecular weight is 258 g/mol. The van der Waals surface area contributed by atoms with E-state index in [1.165, 1.54) is 18.3 Å². The van der Waals surface area contributed by atoms with Gasteiger partial charge in [-0.2, -0.15) is 0 Å². The number of rotatable bonds is 4. The monoisotopic (exact) mass is 258 g/mol. The molecule has 0 radical (unpaired) electrons. The van der Waals surface area contributed by atoms with E-state index >= 15 is 0 Å². The van der Waals surface area contributed by atoms with Crippen LogP contribution in [0, 0.1) is 13.8 Å². The highest BCUT2D eigenvalue weighted by atomic mass is 16.4. The topological polar surface area (TPSA) is 88.0 Å². The molecular weight excluding hydrogens is 244 g/mol. The third-order valence-electron chi connectivity index (χ3n) is 2.71. The number of hydrogen-bond donors (Lipinski definition) is 2. The van der Waals surface area contributed by atoms with E-state index in [9.17, 15) is 4.79 Å². The summed E-state index contributed by atoms with van der Waals surface area (Å²) in [6.45, 7) is 4.18. The van der Waals surface area contributed by atoms with Gasteiger partial charge in [0.05, 0.1) is 35.4 Å². The highest BCUT2D eigenvalue weighted by Gasteiger charge is 2.05. The summed E-state index contributed by atoms with van der Waals surface area (Å²) >= 11 is 0. The Morgan fingerprint density at radius 2 is 2.11 bits per heavy atom. The molecule has 0 aliphatic heterocycles. The van der Waals surface area contributed by atoms with Gasteiger partial charge in [-0.05, 0) is 26.0 Å². The molecule has 6 nitrogen and oxygen atoms in total. The van der Waals surface area contributed by atoms with Crippen molar-refractivity contribution in [2.45, 2.75) is 20.4 Å². The lowest BCUT2D eigenvalue weighted by molar-refractivity contribution is 0.0696. The molecule has 0 aliphatic rings. The molecule has 0 spiro atoms. The molecule has 0 bridgehead atoms. The van der Waals surface area contributed by atoms with Crippen molar-refractivity contribution >= 4 is 11.8 Å². The molecule has 0 atom stereocenters. The standard InChI is InChI=1S/C13H14N4O2/c1-8-9(2)17-12(7-15-8)16-6-11-5-10(13(18)19)3-4-14-11/h3-5,7H,6H2,1-2H3,(H,16,17)(H,18,19). The van der Waals surface area contributed by atoms with Crippen LogP contribution < -0.4 is 5.32 Å². The number of aryl methyl sites for hydroxylation is 2. The van der Waals surface area contributed by atoms with Gasteiger partial charge in [-0.15, -0.1) is 0 Å². The van der Waals surface area contributed by atoms with Gasteiger partial charge in [0.2, 0.25) is 0 Å². The maximum Gasteiger partial charge on any atom is 0.335 e. The number of nitrogens with one attached hydrogen (secondary N) is 1. The Balaban J connectivity index is 2.07. The van der Waals surface area contributed by atoms with Gasteiger partial charge in [0.1, 0.15) is 5.82 Å². The van der Waals surface area contributed by atoms with Crippen molar-refractivity contribution in [1.29, 1.82) is 0 Å². The Bertz CT molecular complexity index is 613. The van der Waals surface area contributed by atoms with E-state index in [0.29, 0.717) is 18.1 Å². The largest absolute Gasteiger partial charge is 0.478 e. The van der Waals surface area contributed by atoms with E-state index in [1.807, 2.05) is 13.8 Å². The summed E-state index contributed by atoms with van der Waals surface area (Å²) in [5.41, 5.74) is 2.60. The first-order chi connectivity index (χ1) is 9.06. The Labute approximate surface area is 110 Å². The predicted octanol–water partition coefficient (Wildman–Crippen LogP) is 1.80. The molecule has 2 N–H and O–H groups in total. The van der Waals surface area contributed by atoms with E-state index in [4.69, 9.17) is 5.11 Å². The van der Waals surface area contributed by atoms with E-state index in [2.05, 4.69) is 20.3 Å². The summed E-state index contributed by atoms with van der Waals surface area (Å²) < 4.78 is 0. The zero-order valence-electron chi connectivity index (χ0n) is 10.7. The summed E-state index contributed by atoms with van der Waals surface area (Å²) in [6, 6.07) is 2.99. The lowest BCUT2D eigenvalue weighted by Crippen LogP contribution is -2.06. The zero-order chi connectivity index (χ0) is 13.8. The Hall–Kier alpha value is -2.50. The van der Waals surface area contributed by atoms with Crippen molar-refractivity contribution in [2.24, 2.45) is 0 Å². The molecule has 19 heavy (non-hydrogen) atoms. The van der Waals surface area contributed by atoms with Gasteiger partial charge >= 0.3 is 5.97 Å². The van der Waals surface area contributed by atoms with Gasteiger partial charge in [0, 0.05) is 6.20 Å². The van der Waals surface area contributed by atoms with Gasteiger partial charge < -0.3 is 10.4 Å². The number of carboxylic acids is 1. The summed E-state index contributed by atoms with van der Waals surface area (Å²) in [5.74, 6) is -0.319. The number of nitrogens with zero attached hydrogens (tertiary/aromatic N) is 3. The molecule has 0 unspecified atom stereocenters. The molecule has 0 fully saturated rings. The van der Waals surface area contributed by atoms with Crippen LogP contribution in [0.2, 0.25) is 0 Å². The molecule has 0 aliphatic carbocycles. The van der Waals surface area contributed by atoms with Crippen LogP contribution in [-0.2, 0) is 6.54 Å². The van der Waals surface area contributed by atoms with Gasteiger partial charge in [-0.3, -0.25) is 9.97 Å². The normalized spacial score (nSPS) is 10.2. The minimum Gasteiger partial charge on any atom is -0.478 e. The van der Waals surface area contributed by atoms with Crippen molar-refractivity contribution in [3.05, 3.63) is 47.2 Å². The minimum absolute atomic E-state index is 0.220. The lowest BCUT2D eigenvalue weighted by Gasteiger charge is -2.07. The third-order valence-corrected chi connectivity index (χ3v) is 2.71. The Morgan fingerprint density at radius 1 is 1.32 bits per heavy atom. The van der Waals surface area contributed by atoms with Crippen LogP contribution in [0.25, 0.3) is 0 Å². The second-order valence-corrected chi connectivity index (χ2v) is 4.12. The number of hydrogen-bond acceptors (Lipinski definition) is 5. The molecule has 0 saturated heterocycles.